The van der Waals surface area contributed by atoms with Crippen LogP contribution in [0.2, 0.25) is 0 Å². The van der Waals surface area contributed by atoms with E-state index in [1.807, 2.05) is 43.3 Å². The van der Waals surface area contributed by atoms with Gasteiger partial charge in [0.1, 0.15) is 22.8 Å². The average molecular weight is 615 g/mol. The second kappa shape index (κ2) is 10.7. The number of Topliss-reactive ketones (excluding diaryl/α,β-unsaturated/α-hetero) is 3. The summed E-state index contributed by atoms with van der Waals surface area (Å²) >= 11 is 0. The normalized spacial score (nSPS) is 28.3. The van der Waals surface area contributed by atoms with Crippen LogP contribution in [-0.2, 0) is 27.2 Å². The molecule has 0 aliphatic heterocycles. The van der Waals surface area contributed by atoms with E-state index in [9.17, 15) is 34.8 Å². The second-order valence-electron chi connectivity index (χ2n) is 15.5. The van der Waals surface area contributed by atoms with Crippen LogP contribution in [0.15, 0.2) is 53.3 Å². The number of hydrogen-bond donors (Lipinski definition) is 4. The van der Waals surface area contributed by atoms with E-state index in [1.165, 1.54) is 0 Å². The number of aryl methyl sites for hydroxylation is 1. The van der Waals surface area contributed by atoms with Crippen molar-refractivity contribution >= 4 is 23.1 Å². The van der Waals surface area contributed by atoms with Crippen LogP contribution in [-0.4, -0.2) is 43.4 Å². The quantitative estimate of drug-likeness (QED) is 0.253. The van der Waals surface area contributed by atoms with Gasteiger partial charge in [-0.05, 0) is 78.7 Å². The molecule has 0 bridgehead atoms. The predicted molar refractivity (Wildman–Crippen MR) is 174 cm³/mol. The molecule has 7 heteroatoms. The Balaban J connectivity index is 1.80. The van der Waals surface area contributed by atoms with Gasteiger partial charge in [0.25, 0.3) is 0 Å². The van der Waals surface area contributed by atoms with Crippen LogP contribution >= 0.6 is 0 Å². The molecular weight excluding hydrogens is 568 g/mol. The highest BCUT2D eigenvalue weighted by Gasteiger charge is 2.72. The maximum absolute atomic E-state index is 14.7. The van der Waals surface area contributed by atoms with Crippen LogP contribution in [0.1, 0.15) is 91.3 Å². The number of ketones is 3. The number of allylic oxidation sites excluding steroid dienone is 1. The van der Waals surface area contributed by atoms with Gasteiger partial charge in [0.05, 0.1) is 5.56 Å². The van der Waals surface area contributed by atoms with Crippen LogP contribution in [0.25, 0.3) is 16.9 Å². The maximum atomic E-state index is 14.7. The van der Waals surface area contributed by atoms with E-state index in [2.05, 4.69) is 20.8 Å². The van der Waals surface area contributed by atoms with Gasteiger partial charge in [-0.2, -0.15) is 0 Å². The summed E-state index contributed by atoms with van der Waals surface area (Å²) in [6, 6.07) is 11.7. The van der Waals surface area contributed by atoms with Crippen molar-refractivity contribution in [2.24, 2.45) is 28.1 Å². The molecule has 0 saturated heterocycles. The van der Waals surface area contributed by atoms with Crippen molar-refractivity contribution in [2.45, 2.75) is 93.1 Å². The van der Waals surface area contributed by atoms with Crippen LogP contribution in [0.3, 0.4) is 0 Å². The number of phenols is 1. The zero-order valence-corrected chi connectivity index (χ0v) is 27.7. The van der Waals surface area contributed by atoms with Crippen molar-refractivity contribution in [3.8, 4) is 16.9 Å². The van der Waals surface area contributed by atoms with Crippen LogP contribution in [0, 0.1) is 28.1 Å². The lowest BCUT2D eigenvalue weighted by Gasteiger charge is -2.59. The third kappa shape index (κ3) is 4.77. The molecule has 2 aromatic rings. The van der Waals surface area contributed by atoms with E-state index < -0.39 is 56.8 Å². The fourth-order valence-electron chi connectivity index (χ4n) is 8.72. The molecule has 45 heavy (non-hydrogen) atoms. The molecular formula is C38H46O7. The molecule has 4 atom stereocenters. The third-order valence-electron chi connectivity index (χ3n) is 10.5. The zero-order valence-electron chi connectivity index (χ0n) is 27.7. The predicted octanol–water partition coefficient (Wildman–Crippen LogP) is 7.23. The summed E-state index contributed by atoms with van der Waals surface area (Å²) in [7, 11) is 0. The van der Waals surface area contributed by atoms with Crippen LogP contribution in [0.5, 0.6) is 5.75 Å². The highest BCUT2D eigenvalue weighted by atomic mass is 16.3. The molecule has 0 amide bonds. The van der Waals surface area contributed by atoms with Crippen LogP contribution in [0.4, 0.5) is 0 Å². The first-order chi connectivity index (χ1) is 20.8. The maximum Gasteiger partial charge on any atom is 0.203 e. The smallest absolute Gasteiger partial charge is 0.203 e. The highest BCUT2D eigenvalue weighted by molar-refractivity contribution is 6.24. The minimum Gasteiger partial charge on any atom is -0.508 e. The first kappa shape index (κ1) is 32.7. The lowest BCUT2D eigenvalue weighted by molar-refractivity contribution is -0.178. The third-order valence-corrected chi connectivity index (χ3v) is 10.5. The fourth-order valence-corrected chi connectivity index (χ4v) is 8.72. The minimum atomic E-state index is -2.63. The van der Waals surface area contributed by atoms with Gasteiger partial charge < -0.3 is 20.4 Å². The van der Waals surface area contributed by atoms with Crippen LogP contribution < -0.4 is 0 Å². The Bertz CT molecular complexity index is 1670. The number of aliphatic hydroxyl groups excluding tert-OH is 2. The van der Waals surface area contributed by atoms with Crippen molar-refractivity contribution in [1.82, 2.24) is 0 Å². The van der Waals surface area contributed by atoms with E-state index in [0.717, 1.165) is 30.9 Å². The van der Waals surface area contributed by atoms with Gasteiger partial charge in [-0.15, -0.1) is 0 Å². The van der Waals surface area contributed by atoms with Crippen molar-refractivity contribution in [1.29, 1.82) is 0 Å². The number of aromatic hydroxyl groups is 1. The molecule has 0 spiro atoms. The van der Waals surface area contributed by atoms with E-state index in [-0.39, 0.29) is 41.1 Å². The first-order valence-corrected chi connectivity index (χ1v) is 15.9. The molecule has 4 N–H and O–H groups in total. The van der Waals surface area contributed by atoms with Gasteiger partial charge >= 0.3 is 0 Å². The monoisotopic (exact) mass is 614 g/mol. The highest BCUT2D eigenvalue weighted by Crippen LogP contribution is 2.65. The minimum absolute atomic E-state index is 0.0627. The number of hydrogen-bond acceptors (Lipinski definition) is 7. The Morgan fingerprint density at radius 2 is 1.67 bits per heavy atom. The number of benzene rings is 2. The zero-order chi connectivity index (χ0) is 33.4. The summed E-state index contributed by atoms with van der Waals surface area (Å²) in [6.07, 6.45) is 2.57. The molecule has 3 aliphatic rings. The first-order valence-electron chi connectivity index (χ1n) is 15.9. The number of fused-ring (bicyclic) bond motifs is 3. The van der Waals surface area contributed by atoms with Gasteiger partial charge in [0.2, 0.25) is 5.78 Å². The number of rotatable bonds is 6. The van der Waals surface area contributed by atoms with Gasteiger partial charge in [0.15, 0.2) is 17.2 Å². The van der Waals surface area contributed by atoms with Gasteiger partial charge in [0, 0.05) is 22.3 Å². The summed E-state index contributed by atoms with van der Waals surface area (Å²) in [6.45, 7) is 14.7. The summed E-state index contributed by atoms with van der Waals surface area (Å²) in [5.74, 6) is -5.11. The second-order valence-corrected chi connectivity index (χ2v) is 15.5. The number of phenolic OH excluding ortho intramolecular Hbond substituents is 1. The Labute approximate surface area is 265 Å². The summed E-state index contributed by atoms with van der Waals surface area (Å²) in [5.41, 5.74) is -2.57. The lowest BCUT2D eigenvalue weighted by Crippen LogP contribution is -2.69. The van der Waals surface area contributed by atoms with Crippen molar-refractivity contribution in [2.75, 3.05) is 0 Å². The molecule has 0 aromatic heterocycles. The fraction of sp³-hybridized carbons (Fsp3) is 0.500. The van der Waals surface area contributed by atoms with E-state index in [1.54, 1.807) is 20.8 Å². The topological polar surface area (TPSA) is 132 Å². The van der Waals surface area contributed by atoms with Gasteiger partial charge in [-0.1, -0.05) is 78.8 Å². The average Bonchev–Trinajstić information content (AvgIpc) is 2.91. The molecule has 1 fully saturated rings. The molecule has 0 radical (unpaired) electrons. The summed E-state index contributed by atoms with van der Waals surface area (Å²) < 4.78 is 0. The van der Waals surface area contributed by atoms with E-state index in [0.29, 0.717) is 17.5 Å². The number of aliphatic hydroxyl groups is 3. The lowest BCUT2D eigenvalue weighted by atomic mass is 9.43. The number of carbonyl (C=O) groups is 3. The molecule has 5 rings (SSSR count). The standard InChI is InChI=1S/C38H46O7/c1-20(2)28-31(41)26(21(3)39)33(43)38(45)34(44)29-32(42)27-25(18-36(29,7)19-37(28,38)8)24(22-13-10-9-11-14-22)17-23(30(27)40)15-12-16-35(4,5)6/h9-11,13-14,17,20,28,40,42-43,45H,12,15-16,18-19H2,1-8H3/t28?,36-,37-,38+/m1/s1. The SMILES string of the molecule is CC(=O)C1=C(O)[C@]2(O)C(=O)C3=C(O)c4c(O)c(CCCC(C)(C)C)cc(-c5ccccc5)c4C[C@]3(C)C[C@]2(C)C(C(C)C)C1=O. The molecule has 3 aliphatic carbocycles. The van der Waals surface area contributed by atoms with Gasteiger partial charge in [-0.25, -0.2) is 0 Å². The van der Waals surface area contributed by atoms with Crippen molar-refractivity contribution in [3.05, 3.63) is 70.0 Å². The molecule has 1 unspecified atom stereocenters. The Hall–Kier alpha value is -3.71. The van der Waals surface area contributed by atoms with E-state index >= 15 is 0 Å². The largest absolute Gasteiger partial charge is 0.508 e. The number of carbonyl (C=O) groups excluding carboxylic acids is 3. The Kier molecular flexibility index (Phi) is 7.76. The van der Waals surface area contributed by atoms with Crippen molar-refractivity contribution in [3.63, 3.8) is 0 Å². The van der Waals surface area contributed by atoms with Gasteiger partial charge in [-0.3, -0.25) is 14.4 Å². The molecule has 0 heterocycles. The van der Waals surface area contributed by atoms with E-state index in [4.69, 9.17) is 0 Å². The molecule has 240 valence electrons. The summed E-state index contributed by atoms with van der Waals surface area (Å²) in [5, 5.41) is 47.5. The summed E-state index contributed by atoms with van der Waals surface area (Å²) in [4.78, 5) is 41.1. The van der Waals surface area contributed by atoms with Crippen molar-refractivity contribution < 1.29 is 34.8 Å². The Morgan fingerprint density at radius 3 is 2.22 bits per heavy atom. The molecule has 1 saturated carbocycles. The molecule has 7 nitrogen and oxygen atoms in total. The Morgan fingerprint density at radius 1 is 1.04 bits per heavy atom. The molecule has 2 aromatic carbocycles.